The van der Waals surface area contributed by atoms with Gasteiger partial charge in [0.05, 0.1) is 11.0 Å². The van der Waals surface area contributed by atoms with Gasteiger partial charge in [0.1, 0.15) is 0 Å². The van der Waals surface area contributed by atoms with E-state index in [-0.39, 0.29) is 0 Å². The summed E-state index contributed by atoms with van der Waals surface area (Å²) < 4.78 is 4.99. The molecule has 1 N–H and O–H groups in total. The summed E-state index contributed by atoms with van der Waals surface area (Å²) in [7, 11) is 0. The Morgan fingerprint density at radius 2 is 0.980 bits per heavy atom. The SMILES string of the molecule is c1ccc(-c2cccc3cccc(-c4ccc(Nc5ccc6sc7ccc(-n8c9ccccc9c9ccccc98)cc7c6c5)cc4)c23)cc1. The number of rotatable bonds is 5. The number of nitrogens with one attached hydrogen (secondary N) is 1. The number of anilines is 2. The molecule has 0 radical (unpaired) electrons. The van der Waals surface area contributed by atoms with Gasteiger partial charge in [-0.2, -0.15) is 0 Å². The highest BCUT2D eigenvalue weighted by atomic mass is 32.1. The van der Waals surface area contributed by atoms with E-state index >= 15 is 0 Å². The van der Waals surface area contributed by atoms with Gasteiger partial charge in [-0.25, -0.2) is 0 Å². The van der Waals surface area contributed by atoms with Gasteiger partial charge in [0, 0.05) is 48.0 Å². The molecule has 0 bridgehead atoms. The van der Waals surface area contributed by atoms with E-state index in [1.165, 1.54) is 80.7 Å². The van der Waals surface area contributed by atoms with Crippen LogP contribution in [0.1, 0.15) is 0 Å². The fourth-order valence-corrected chi connectivity index (χ4v) is 8.59. The van der Waals surface area contributed by atoms with E-state index < -0.39 is 0 Å². The van der Waals surface area contributed by atoms with E-state index in [4.69, 9.17) is 0 Å². The van der Waals surface area contributed by atoms with Crippen molar-refractivity contribution in [1.29, 1.82) is 0 Å². The van der Waals surface area contributed by atoms with Crippen LogP contribution in [0.15, 0.2) is 176 Å². The molecule has 0 fully saturated rings. The van der Waals surface area contributed by atoms with Gasteiger partial charge in [0.2, 0.25) is 0 Å². The van der Waals surface area contributed by atoms with Crippen LogP contribution in [0.4, 0.5) is 11.4 Å². The summed E-state index contributed by atoms with van der Waals surface area (Å²) in [6.45, 7) is 0. The number of hydrogen-bond acceptors (Lipinski definition) is 2. The van der Waals surface area contributed by atoms with Crippen LogP contribution in [0, 0.1) is 0 Å². The van der Waals surface area contributed by atoms with Crippen molar-refractivity contribution in [2.75, 3.05) is 5.32 Å². The number of aromatic nitrogens is 1. The third-order valence-electron chi connectivity index (χ3n) is 9.77. The average molecular weight is 643 g/mol. The lowest BCUT2D eigenvalue weighted by molar-refractivity contribution is 1.19. The first-order valence-electron chi connectivity index (χ1n) is 16.7. The van der Waals surface area contributed by atoms with Gasteiger partial charge in [-0.3, -0.25) is 0 Å². The molecular formula is C46H30N2S. The van der Waals surface area contributed by atoms with Gasteiger partial charge in [-0.1, -0.05) is 115 Å². The highest BCUT2D eigenvalue weighted by Crippen LogP contribution is 2.40. The molecule has 2 heterocycles. The molecule has 10 aromatic rings. The van der Waals surface area contributed by atoms with Crippen molar-refractivity contribution >= 4 is 75.5 Å². The molecule has 10 rings (SSSR count). The molecule has 0 aliphatic rings. The molecule has 49 heavy (non-hydrogen) atoms. The number of hydrogen-bond donors (Lipinski definition) is 1. The number of para-hydroxylation sites is 2. The highest BCUT2D eigenvalue weighted by Gasteiger charge is 2.14. The van der Waals surface area contributed by atoms with Crippen molar-refractivity contribution in [3.63, 3.8) is 0 Å². The summed E-state index contributed by atoms with van der Waals surface area (Å²) in [6.07, 6.45) is 0. The molecule has 8 aromatic carbocycles. The molecular weight excluding hydrogens is 613 g/mol. The fourth-order valence-electron chi connectivity index (χ4n) is 7.52. The summed E-state index contributed by atoms with van der Waals surface area (Å²) in [6, 6.07) is 63.8. The molecule has 0 aliphatic heterocycles. The molecule has 230 valence electrons. The van der Waals surface area contributed by atoms with Gasteiger partial charge in [0.15, 0.2) is 0 Å². The minimum absolute atomic E-state index is 1.07. The van der Waals surface area contributed by atoms with Crippen LogP contribution in [0.2, 0.25) is 0 Å². The highest BCUT2D eigenvalue weighted by molar-refractivity contribution is 7.25. The summed E-state index contributed by atoms with van der Waals surface area (Å²) in [4.78, 5) is 0. The Bertz CT molecular complexity index is 2780. The number of nitrogens with zero attached hydrogens (tertiary/aromatic N) is 1. The maximum Gasteiger partial charge on any atom is 0.0541 e. The first kappa shape index (κ1) is 27.9. The lowest BCUT2D eigenvalue weighted by atomic mass is 9.91. The topological polar surface area (TPSA) is 17.0 Å². The minimum atomic E-state index is 1.07. The van der Waals surface area contributed by atoms with Crippen LogP contribution in [-0.4, -0.2) is 4.57 Å². The van der Waals surface area contributed by atoms with E-state index in [1.807, 2.05) is 11.3 Å². The summed E-state index contributed by atoms with van der Waals surface area (Å²) in [5, 5.41) is 11.3. The van der Waals surface area contributed by atoms with E-state index in [1.54, 1.807) is 0 Å². The molecule has 0 saturated heterocycles. The molecule has 0 unspecified atom stereocenters. The van der Waals surface area contributed by atoms with Crippen molar-refractivity contribution < 1.29 is 0 Å². The zero-order valence-electron chi connectivity index (χ0n) is 26.6. The zero-order valence-corrected chi connectivity index (χ0v) is 27.4. The van der Waals surface area contributed by atoms with Crippen LogP contribution in [0.3, 0.4) is 0 Å². The monoisotopic (exact) mass is 642 g/mol. The Balaban J connectivity index is 1.01. The van der Waals surface area contributed by atoms with Gasteiger partial charge >= 0.3 is 0 Å². The van der Waals surface area contributed by atoms with E-state index in [0.717, 1.165) is 11.4 Å². The third-order valence-corrected chi connectivity index (χ3v) is 10.9. The van der Waals surface area contributed by atoms with Gasteiger partial charge < -0.3 is 9.88 Å². The predicted molar refractivity (Wildman–Crippen MR) is 212 cm³/mol. The van der Waals surface area contributed by atoms with Crippen molar-refractivity contribution in [2.24, 2.45) is 0 Å². The maximum absolute atomic E-state index is 3.69. The van der Waals surface area contributed by atoms with E-state index in [9.17, 15) is 0 Å². The Kier molecular flexibility index (Phi) is 6.39. The Morgan fingerprint density at radius 1 is 0.408 bits per heavy atom. The largest absolute Gasteiger partial charge is 0.356 e. The summed E-state index contributed by atoms with van der Waals surface area (Å²) in [5.41, 5.74) is 10.7. The van der Waals surface area contributed by atoms with Crippen LogP contribution in [0.5, 0.6) is 0 Å². The normalized spacial score (nSPS) is 11.7. The average Bonchev–Trinajstić information content (AvgIpc) is 3.70. The number of thiophene rings is 1. The molecule has 0 amide bonds. The zero-order chi connectivity index (χ0) is 32.3. The standard InChI is InChI=1S/C46H30N2S/c1-2-10-30(11-3-1)36-16-8-12-32-13-9-17-37(46(32)36)31-20-22-33(23-21-31)47-34-24-26-44-40(28-34)41-29-35(25-27-45(41)49-44)48-42-18-6-4-14-38(42)39-15-5-7-19-43(39)48/h1-29,47H. The third kappa shape index (κ3) is 4.62. The van der Waals surface area contributed by atoms with Crippen LogP contribution in [0.25, 0.3) is 80.7 Å². The molecule has 3 heteroatoms. The summed E-state index contributed by atoms with van der Waals surface area (Å²) in [5.74, 6) is 0. The fraction of sp³-hybridized carbons (Fsp3) is 0. The van der Waals surface area contributed by atoms with Gasteiger partial charge in [0.25, 0.3) is 0 Å². The smallest absolute Gasteiger partial charge is 0.0541 e. The van der Waals surface area contributed by atoms with Crippen molar-refractivity contribution in [3.05, 3.63) is 176 Å². The lowest BCUT2D eigenvalue weighted by Gasteiger charge is -2.13. The van der Waals surface area contributed by atoms with Gasteiger partial charge in [-0.15, -0.1) is 11.3 Å². The quantitative estimate of drug-likeness (QED) is 0.198. The van der Waals surface area contributed by atoms with E-state index in [2.05, 4.69) is 186 Å². The number of benzene rings is 8. The van der Waals surface area contributed by atoms with Crippen molar-refractivity contribution in [3.8, 4) is 27.9 Å². The molecule has 0 spiro atoms. The predicted octanol–water partition coefficient (Wildman–Crippen LogP) is 13.4. The Labute approximate surface area is 288 Å². The molecule has 2 nitrogen and oxygen atoms in total. The first-order chi connectivity index (χ1) is 24.3. The molecule has 0 aliphatic carbocycles. The van der Waals surface area contributed by atoms with Crippen molar-refractivity contribution in [2.45, 2.75) is 0 Å². The Morgan fingerprint density at radius 3 is 1.67 bits per heavy atom. The molecule has 0 saturated carbocycles. The lowest BCUT2D eigenvalue weighted by Crippen LogP contribution is -1.93. The van der Waals surface area contributed by atoms with Crippen molar-refractivity contribution in [1.82, 2.24) is 4.57 Å². The van der Waals surface area contributed by atoms with Crippen LogP contribution >= 0.6 is 11.3 Å². The molecule has 2 aromatic heterocycles. The minimum Gasteiger partial charge on any atom is -0.356 e. The second-order valence-electron chi connectivity index (χ2n) is 12.6. The Hall–Kier alpha value is -6.16. The van der Waals surface area contributed by atoms with E-state index in [0.29, 0.717) is 0 Å². The summed E-state index contributed by atoms with van der Waals surface area (Å²) >= 11 is 1.85. The van der Waals surface area contributed by atoms with Crippen LogP contribution < -0.4 is 5.32 Å². The number of fused-ring (bicyclic) bond motifs is 7. The first-order valence-corrected chi connectivity index (χ1v) is 17.5. The second-order valence-corrected chi connectivity index (χ2v) is 13.7. The molecule has 0 atom stereocenters. The van der Waals surface area contributed by atoms with Gasteiger partial charge in [-0.05, 0) is 93.7 Å². The maximum atomic E-state index is 3.69. The second kappa shape index (κ2) is 11.2. The van der Waals surface area contributed by atoms with Crippen LogP contribution in [-0.2, 0) is 0 Å².